The molecular weight excluding hydrogens is 555 g/mol. The molecule has 2 atom stereocenters. The van der Waals surface area contributed by atoms with Gasteiger partial charge in [0.1, 0.15) is 11.7 Å². The maximum atomic E-state index is 10.3. The maximum absolute atomic E-state index is 10.3. The highest BCUT2D eigenvalue weighted by Gasteiger charge is 2.48. The van der Waals surface area contributed by atoms with Gasteiger partial charge in [0.05, 0.1) is 37.1 Å². The van der Waals surface area contributed by atoms with Crippen LogP contribution in [0.3, 0.4) is 0 Å². The molecule has 0 unspecified atom stereocenters. The van der Waals surface area contributed by atoms with E-state index in [9.17, 15) is 5.11 Å². The molecule has 10 heteroatoms. The highest BCUT2D eigenvalue weighted by Crippen LogP contribution is 2.34. The second-order valence-electron chi connectivity index (χ2n) is 8.32. The van der Waals surface area contributed by atoms with Crippen molar-refractivity contribution in [2.45, 2.75) is 18.2 Å². The summed E-state index contributed by atoms with van der Waals surface area (Å²) in [7, 11) is 0. The molecule has 0 amide bonds. The first-order valence-corrected chi connectivity index (χ1v) is 12.2. The van der Waals surface area contributed by atoms with Crippen LogP contribution >= 0.6 is 22.6 Å². The van der Waals surface area contributed by atoms with Crippen LogP contribution < -0.4 is 10.6 Å². The number of nitrogens with zero attached hydrogens (tertiary/aromatic N) is 5. The number of pyridine rings is 1. The zero-order valence-electron chi connectivity index (χ0n) is 18.5. The van der Waals surface area contributed by atoms with Gasteiger partial charge in [0.25, 0.3) is 0 Å². The summed E-state index contributed by atoms with van der Waals surface area (Å²) in [6.07, 6.45) is 4.60. The van der Waals surface area contributed by atoms with E-state index in [1.807, 2.05) is 42.5 Å². The van der Waals surface area contributed by atoms with Crippen LogP contribution in [0.4, 0.5) is 0 Å². The van der Waals surface area contributed by atoms with Crippen LogP contribution in [0.5, 0.6) is 0 Å². The van der Waals surface area contributed by atoms with Crippen LogP contribution in [-0.4, -0.2) is 50.4 Å². The van der Waals surface area contributed by atoms with E-state index in [2.05, 4.69) is 65.5 Å². The highest BCUT2D eigenvalue weighted by atomic mass is 127. The Hall–Kier alpha value is -3.64. The summed E-state index contributed by atoms with van der Waals surface area (Å²) in [5.41, 5.74) is 2.41. The van der Waals surface area contributed by atoms with E-state index in [0.717, 1.165) is 36.9 Å². The minimum absolute atomic E-state index is 0.263. The van der Waals surface area contributed by atoms with E-state index in [1.54, 1.807) is 18.7 Å². The van der Waals surface area contributed by atoms with Gasteiger partial charge >= 0.3 is 0 Å². The van der Waals surface area contributed by atoms with Gasteiger partial charge in [-0.15, -0.1) is 0 Å². The average Bonchev–Trinajstić information content (AvgIpc) is 3.54. The van der Waals surface area contributed by atoms with Crippen LogP contribution in [0, 0.1) is 3.57 Å². The monoisotopic (exact) mass is 576 g/mol. The van der Waals surface area contributed by atoms with Crippen molar-refractivity contribution in [3.8, 4) is 11.3 Å². The van der Waals surface area contributed by atoms with Crippen molar-refractivity contribution in [1.82, 2.24) is 25.8 Å². The first kappa shape index (κ1) is 21.9. The summed E-state index contributed by atoms with van der Waals surface area (Å²) in [5.74, 6) is 1.08. The lowest BCUT2D eigenvalue weighted by atomic mass is 9.95. The topological polar surface area (TPSA) is 123 Å². The molecule has 2 aliphatic heterocycles. The van der Waals surface area contributed by atoms with Gasteiger partial charge in [-0.05, 0) is 51.7 Å². The Labute approximate surface area is 214 Å². The smallest absolute Gasteiger partial charge is 0.199 e. The van der Waals surface area contributed by atoms with Crippen LogP contribution in [0.1, 0.15) is 17.4 Å². The summed E-state index contributed by atoms with van der Waals surface area (Å²) >= 11 is 2.29. The molecular formula is C25H21IN8O. The molecule has 174 valence electrons. The zero-order chi connectivity index (χ0) is 23.8. The van der Waals surface area contributed by atoms with E-state index in [-0.39, 0.29) is 6.61 Å². The Morgan fingerprint density at radius 3 is 2.91 bits per heavy atom. The standard InChI is InChI=1S/C25H21IN8O/c26-17-6-3-4-15(10-17)11-28-23-25(13-35)24(29-14-30-25)33-22(32-23)21-19(12-31-34-21)20-18-7-2-1-5-16(18)8-9-27-20/h1-10,12,14,22,35H,11,13H2,(H,28,32)(H,31,34)(H,29,30,33)/t22-,25-/m0/s1. The molecule has 2 aliphatic rings. The molecule has 4 heterocycles. The van der Waals surface area contributed by atoms with Crippen LogP contribution in [0.15, 0.2) is 82.0 Å². The molecule has 2 aromatic heterocycles. The molecule has 2 aromatic carbocycles. The molecule has 4 aromatic rings. The van der Waals surface area contributed by atoms with Gasteiger partial charge in [-0.3, -0.25) is 20.1 Å². The molecule has 35 heavy (non-hydrogen) atoms. The molecule has 0 saturated heterocycles. The Morgan fingerprint density at radius 1 is 1.11 bits per heavy atom. The lowest BCUT2D eigenvalue weighted by Crippen LogP contribution is -2.58. The van der Waals surface area contributed by atoms with Gasteiger partial charge in [0.2, 0.25) is 0 Å². The third-order valence-corrected chi connectivity index (χ3v) is 6.88. The van der Waals surface area contributed by atoms with E-state index in [0.29, 0.717) is 18.2 Å². The number of aliphatic hydroxyl groups excluding tert-OH is 1. The normalized spacial score (nSPS) is 22.1. The summed E-state index contributed by atoms with van der Waals surface area (Å²) in [5, 5.41) is 26.4. The lowest BCUT2D eigenvalue weighted by molar-refractivity contribution is 0.266. The molecule has 4 N–H and O–H groups in total. The number of aliphatic imine (C=N–C) groups is 3. The number of aromatic nitrogens is 3. The molecule has 0 radical (unpaired) electrons. The van der Waals surface area contributed by atoms with E-state index >= 15 is 0 Å². The maximum Gasteiger partial charge on any atom is 0.199 e. The van der Waals surface area contributed by atoms with E-state index < -0.39 is 11.7 Å². The quantitative estimate of drug-likeness (QED) is 0.272. The molecule has 0 bridgehead atoms. The van der Waals surface area contributed by atoms with Crippen molar-refractivity contribution in [2.24, 2.45) is 15.0 Å². The fourth-order valence-corrected chi connectivity index (χ4v) is 5.06. The van der Waals surface area contributed by atoms with Gasteiger partial charge in [-0.25, -0.2) is 4.99 Å². The second-order valence-corrected chi connectivity index (χ2v) is 9.56. The number of aliphatic hydroxyl groups is 1. The van der Waals surface area contributed by atoms with Crippen molar-refractivity contribution >= 4 is 51.4 Å². The Kier molecular flexibility index (Phi) is 5.53. The minimum Gasteiger partial charge on any atom is -0.393 e. The first-order valence-electron chi connectivity index (χ1n) is 11.1. The number of halogens is 1. The summed E-state index contributed by atoms with van der Waals surface area (Å²) in [6, 6.07) is 18.3. The number of hydrogen-bond acceptors (Lipinski definition) is 7. The summed E-state index contributed by atoms with van der Waals surface area (Å²) in [4.78, 5) is 18.9. The Morgan fingerprint density at radius 2 is 2.03 bits per heavy atom. The number of fused-ring (bicyclic) bond motifs is 2. The molecule has 0 saturated carbocycles. The van der Waals surface area contributed by atoms with Crippen LogP contribution in [0.2, 0.25) is 0 Å². The molecule has 0 aliphatic carbocycles. The summed E-state index contributed by atoms with van der Waals surface area (Å²) in [6.45, 7) is 0.179. The minimum atomic E-state index is -1.07. The molecule has 9 nitrogen and oxygen atoms in total. The first-order chi connectivity index (χ1) is 17.2. The SMILES string of the molecule is OC[C@@]12N=CNC1=N[C@@H](c1[nH]ncc1-c1nccc3ccccc13)NC2=NCc1cccc(I)c1. The molecule has 0 fully saturated rings. The lowest BCUT2D eigenvalue weighted by Gasteiger charge is -2.34. The number of nitrogens with one attached hydrogen (secondary N) is 3. The Balaban J connectivity index is 1.42. The van der Waals surface area contributed by atoms with Gasteiger partial charge in [-0.1, -0.05) is 36.4 Å². The van der Waals surface area contributed by atoms with Gasteiger partial charge in [0, 0.05) is 20.7 Å². The largest absolute Gasteiger partial charge is 0.393 e. The molecule has 0 spiro atoms. The fourth-order valence-electron chi connectivity index (χ4n) is 4.45. The fraction of sp³-hybridized carbons (Fsp3) is 0.160. The third-order valence-electron chi connectivity index (χ3n) is 6.21. The number of amidine groups is 2. The van der Waals surface area contributed by atoms with Gasteiger partial charge in [0.15, 0.2) is 11.7 Å². The van der Waals surface area contributed by atoms with Crippen LogP contribution in [-0.2, 0) is 6.54 Å². The number of hydrogen-bond donors (Lipinski definition) is 4. The highest BCUT2D eigenvalue weighted by molar-refractivity contribution is 14.1. The van der Waals surface area contributed by atoms with Crippen molar-refractivity contribution in [2.75, 3.05) is 6.61 Å². The predicted molar refractivity (Wildman–Crippen MR) is 144 cm³/mol. The average molecular weight is 576 g/mol. The van der Waals surface area contributed by atoms with Crippen molar-refractivity contribution in [1.29, 1.82) is 0 Å². The van der Waals surface area contributed by atoms with E-state index in [4.69, 9.17) is 9.98 Å². The zero-order valence-corrected chi connectivity index (χ0v) is 20.6. The van der Waals surface area contributed by atoms with Gasteiger partial charge < -0.3 is 15.7 Å². The van der Waals surface area contributed by atoms with Crippen molar-refractivity contribution in [3.63, 3.8) is 0 Å². The van der Waals surface area contributed by atoms with Gasteiger partial charge in [-0.2, -0.15) is 5.10 Å². The van der Waals surface area contributed by atoms with Crippen molar-refractivity contribution < 1.29 is 5.11 Å². The van der Waals surface area contributed by atoms with Crippen molar-refractivity contribution in [3.05, 3.63) is 81.8 Å². The number of H-pyrrole nitrogens is 1. The Bertz CT molecular complexity index is 1500. The molecule has 6 rings (SSSR count). The second kappa shape index (κ2) is 8.86. The number of rotatable bonds is 5. The van der Waals surface area contributed by atoms with E-state index in [1.165, 1.54) is 0 Å². The summed E-state index contributed by atoms with van der Waals surface area (Å²) < 4.78 is 1.14. The number of benzene rings is 2. The predicted octanol–water partition coefficient (Wildman–Crippen LogP) is 3.19. The van der Waals surface area contributed by atoms with Crippen LogP contribution in [0.25, 0.3) is 22.0 Å². The number of aromatic amines is 1. The third kappa shape index (κ3) is 3.78.